The van der Waals surface area contributed by atoms with Crippen LogP contribution < -0.4 is 0 Å². The molecule has 4 rings (SSSR count). The van der Waals surface area contributed by atoms with E-state index in [4.69, 9.17) is 0 Å². The largest absolute Gasteiger partial charge is 0.465 e. The van der Waals surface area contributed by atoms with Crippen LogP contribution in [-0.4, -0.2) is 88.2 Å². The molecule has 36 heavy (non-hydrogen) atoms. The highest BCUT2D eigenvalue weighted by molar-refractivity contribution is 6.04. The van der Waals surface area contributed by atoms with Gasteiger partial charge in [-0.15, -0.1) is 0 Å². The van der Waals surface area contributed by atoms with Crippen LogP contribution >= 0.6 is 0 Å². The van der Waals surface area contributed by atoms with Crippen LogP contribution in [-0.2, 0) is 22.4 Å². The van der Waals surface area contributed by atoms with Gasteiger partial charge < -0.3 is 20.0 Å². The molecule has 3 amide bonds. The number of hydrogen-bond donors (Lipinski definition) is 2. The van der Waals surface area contributed by atoms with E-state index in [0.717, 1.165) is 22.3 Å². The van der Waals surface area contributed by atoms with E-state index in [1.165, 1.54) is 11.8 Å². The molecule has 8 nitrogen and oxygen atoms in total. The third-order valence-corrected chi connectivity index (χ3v) is 7.18. The molecule has 0 unspecified atom stereocenters. The summed E-state index contributed by atoms with van der Waals surface area (Å²) in [5.74, 6) is -0.350. The first-order valence-electron chi connectivity index (χ1n) is 12.3. The Kier molecular flexibility index (Phi) is 7.74. The number of amides is 3. The highest BCUT2D eigenvalue weighted by atomic mass is 16.4. The van der Waals surface area contributed by atoms with E-state index in [0.29, 0.717) is 37.9 Å². The van der Waals surface area contributed by atoms with Gasteiger partial charge in [-0.25, -0.2) is 4.79 Å². The molecule has 0 aliphatic carbocycles. The van der Waals surface area contributed by atoms with E-state index in [1.807, 2.05) is 54.6 Å². The minimum absolute atomic E-state index is 0.0522. The minimum atomic E-state index is -1.08. The molecule has 1 fully saturated rings. The number of aliphatic hydroxyl groups is 1. The lowest BCUT2D eigenvalue weighted by atomic mass is 9.81. The van der Waals surface area contributed by atoms with Gasteiger partial charge >= 0.3 is 6.09 Å². The summed E-state index contributed by atoms with van der Waals surface area (Å²) in [5, 5.41) is 19.3. The van der Waals surface area contributed by atoms with Gasteiger partial charge in [0.2, 0.25) is 5.91 Å². The Labute approximate surface area is 211 Å². The molecule has 0 aromatic heterocycles. The highest BCUT2D eigenvalue weighted by Crippen LogP contribution is 2.39. The minimum Gasteiger partial charge on any atom is -0.465 e. The quantitative estimate of drug-likeness (QED) is 0.620. The third kappa shape index (κ3) is 5.28. The van der Waals surface area contributed by atoms with Crippen molar-refractivity contribution in [3.63, 3.8) is 0 Å². The number of benzene rings is 2. The van der Waals surface area contributed by atoms with Crippen molar-refractivity contribution < 1.29 is 24.6 Å². The smallest absolute Gasteiger partial charge is 0.408 e. The molecule has 2 N–H and O–H groups in total. The zero-order valence-electron chi connectivity index (χ0n) is 20.8. The molecule has 0 spiro atoms. The van der Waals surface area contributed by atoms with Gasteiger partial charge in [-0.05, 0) is 41.5 Å². The van der Waals surface area contributed by atoms with Crippen molar-refractivity contribution >= 4 is 23.5 Å². The van der Waals surface area contributed by atoms with Gasteiger partial charge in [-0.2, -0.15) is 0 Å². The molecule has 2 heterocycles. The number of likely N-dealkylation sites (N-methyl/N-ethyl adjacent to an activating group) is 1. The molecule has 2 aliphatic rings. The van der Waals surface area contributed by atoms with Crippen molar-refractivity contribution in [3.8, 4) is 0 Å². The Hall–Kier alpha value is -3.65. The Bertz CT molecular complexity index is 1150. The summed E-state index contributed by atoms with van der Waals surface area (Å²) in [4.78, 5) is 43.1. The topological polar surface area (TPSA) is 101 Å². The number of carboxylic acid groups (broad SMARTS) is 1. The second-order valence-corrected chi connectivity index (χ2v) is 9.51. The van der Waals surface area contributed by atoms with E-state index >= 15 is 0 Å². The standard InChI is InChI=1S/C28H33N3O5/c1-19(33)30-17-23-16-24(22-10-8-21(9-11-22)13-15-32)26(25(18-30)31(23)28(35)36)27(34)29(2)14-12-20-6-4-3-5-7-20/h3-11,23,25,32H,12-18H2,1-2H3,(H,35,36)/t23-,25-/m1/s1. The number of nitrogens with zero attached hydrogens (tertiary/aromatic N) is 3. The predicted octanol–water partition coefficient (Wildman–Crippen LogP) is 2.66. The molecule has 2 aromatic carbocycles. The number of carbonyl (C=O) groups excluding carboxylic acids is 2. The summed E-state index contributed by atoms with van der Waals surface area (Å²) in [6.07, 6.45) is 0.484. The maximum absolute atomic E-state index is 13.9. The van der Waals surface area contributed by atoms with Crippen molar-refractivity contribution in [1.29, 1.82) is 0 Å². The van der Waals surface area contributed by atoms with E-state index in [-0.39, 0.29) is 25.0 Å². The van der Waals surface area contributed by atoms with Gasteiger partial charge in [0, 0.05) is 45.8 Å². The van der Waals surface area contributed by atoms with Crippen LogP contribution in [0.4, 0.5) is 4.79 Å². The van der Waals surface area contributed by atoms with Crippen molar-refractivity contribution in [2.24, 2.45) is 0 Å². The average Bonchev–Trinajstić information content (AvgIpc) is 2.87. The lowest BCUT2D eigenvalue weighted by Gasteiger charge is -2.50. The molecule has 0 saturated carbocycles. The lowest BCUT2D eigenvalue weighted by molar-refractivity contribution is -0.134. The van der Waals surface area contributed by atoms with Crippen LogP contribution in [0.1, 0.15) is 30.0 Å². The van der Waals surface area contributed by atoms with Crippen molar-refractivity contribution in [3.05, 3.63) is 76.9 Å². The summed E-state index contributed by atoms with van der Waals surface area (Å²) in [6.45, 7) is 2.46. The molecule has 0 radical (unpaired) electrons. The number of fused-ring (bicyclic) bond motifs is 2. The van der Waals surface area contributed by atoms with Gasteiger partial charge in [0.15, 0.2) is 0 Å². The van der Waals surface area contributed by atoms with Crippen molar-refractivity contribution in [2.75, 3.05) is 33.3 Å². The number of carbonyl (C=O) groups is 3. The molecule has 2 aliphatic heterocycles. The van der Waals surface area contributed by atoms with Gasteiger partial charge in [-0.3, -0.25) is 14.5 Å². The number of hydrogen-bond acceptors (Lipinski definition) is 4. The second kappa shape index (κ2) is 11.0. The lowest BCUT2D eigenvalue weighted by Crippen LogP contribution is -2.64. The van der Waals surface area contributed by atoms with E-state index in [2.05, 4.69) is 0 Å². The Morgan fingerprint density at radius 2 is 1.64 bits per heavy atom. The first-order valence-corrected chi connectivity index (χ1v) is 12.3. The molecule has 190 valence electrons. The van der Waals surface area contributed by atoms with Crippen molar-refractivity contribution in [2.45, 2.75) is 38.3 Å². The summed E-state index contributed by atoms with van der Waals surface area (Å²) >= 11 is 0. The van der Waals surface area contributed by atoms with Gasteiger partial charge in [-0.1, -0.05) is 54.6 Å². The van der Waals surface area contributed by atoms with Crippen LogP contribution in [0.25, 0.3) is 5.57 Å². The Balaban J connectivity index is 1.73. The van der Waals surface area contributed by atoms with Crippen LogP contribution in [0.3, 0.4) is 0 Å². The molecular weight excluding hydrogens is 458 g/mol. The van der Waals surface area contributed by atoms with E-state index in [9.17, 15) is 24.6 Å². The fourth-order valence-corrected chi connectivity index (χ4v) is 5.25. The fourth-order valence-electron chi connectivity index (χ4n) is 5.25. The Morgan fingerprint density at radius 3 is 2.25 bits per heavy atom. The van der Waals surface area contributed by atoms with Crippen LogP contribution in [0.2, 0.25) is 0 Å². The van der Waals surface area contributed by atoms with Gasteiger partial charge in [0.05, 0.1) is 12.1 Å². The Morgan fingerprint density at radius 1 is 0.972 bits per heavy atom. The van der Waals surface area contributed by atoms with Crippen LogP contribution in [0.5, 0.6) is 0 Å². The summed E-state index contributed by atoms with van der Waals surface area (Å²) < 4.78 is 0. The van der Waals surface area contributed by atoms with Crippen LogP contribution in [0, 0.1) is 0 Å². The van der Waals surface area contributed by atoms with Gasteiger partial charge in [0.1, 0.15) is 0 Å². The number of aliphatic hydroxyl groups excluding tert-OH is 1. The molecule has 1 saturated heterocycles. The van der Waals surface area contributed by atoms with Crippen molar-refractivity contribution in [1.82, 2.24) is 14.7 Å². The highest BCUT2D eigenvalue weighted by Gasteiger charge is 2.47. The summed E-state index contributed by atoms with van der Waals surface area (Å²) in [7, 11) is 1.74. The molecule has 2 aromatic rings. The predicted molar refractivity (Wildman–Crippen MR) is 136 cm³/mol. The second-order valence-electron chi connectivity index (χ2n) is 9.51. The number of piperazine rings is 1. The monoisotopic (exact) mass is 491 g/mol. The zero-order valence-corrected chi connectivity index (χ0v) is 20.8. The van der Waals surface area contributed by atoms with E-state index in [1.54, 1.807) is 16.8 Å². The number of rotatable bonds is 7. The SMILES string of the molecule is CC(=O)N1C[C@H]2CC(c3ccc(CCO)cc3)=C(C(=O)N(C)CCc3ccccc3)[C@@H](C1)N2C(=O)O. The molecule has 2 bridgehead atoms. The average molecular weight is 492 g/mol. The first-order chi connectivity index (χ1) is 17.3. The van der Waals surface area contributed by atoms with Gasteiger partial charge in [0.25, 0.3) is 5.91 Å². The molecular formula is C28H33N3O5. The molecule has 8 heteroatoms. The normalized spacial score (nSPS) is 19.3. The third-order valence-electron chi connectivity index (χ3n) is 7.18. The molecule has 2 atom stereocenters. The van der Waals surface area contributed by atoms with Crippen LogP contribution in [0.15, 0.2) is 60.2 Å². The summed E-state index contributed by atoms with van der Waals surface area (Å²) in [6, 6.07) is 16.5. The summed E-state index contributed by atoms with van der Waals surface area (Å²) in [5.41, 5.74) is 4.23. The maximum atomic E-state index is 13.9. The first kappa shape index (κ1) is 25.4. The zero-order chi connectivity index (χ0) is 25.8. The van der Waals surface area contributed by atoms with E-state index < -0.39 is 18.2 Å². The fraction of sp³-hybridized carbons (Fsp3) is 0.393. The maximum Gasteiger partial charge on any atom is 0.408 e.